The molecule has 0 aliphatic carbocycles. The van der Waals surface area contributed by atoms with Gasteiger partial charge in [0.05, 0.1) is 21.6 Å². The summed E-state index contributed by atoms with van der Waals surface area (Å²) in [4.78, 5) is 20.6. The van der Waals surface area contributed by atoms with Crippen molar-refractivity contribution in [1.82, 2.24) is 9.88 Å². The van der Waals surface area contributed by atoms with E-state index in [1.807, 2.05) is 26.1 Å². The van der Waals surface area contributed by atoms with Crippen LogP contribution >= 0.6 is 34.3 Å². The highest BCUT2D eigenvalue weighted by Gasteiger charge is 2.19. The Kier molecular flexibility index (Phi) is 5.41. The third kappa shape index (κ3) is 4.28. The molecule has 21 heavy (non-hydrogen) atoms. The highest BCUT2D eigenvalue weighted by Crippen LogP contribution is 2.25. The molecule has 0 N–H and O–H groups in total. The smallest absolute Gasteiger partial charge is 0.265 e. The van der Waals surface area contributed by atoms with Crippen molar-refractivity contribution in [2.24, 2.45) is 5.92 Å². The minimum Gasteiger partial charge on any atom is -0.336 e. The second-order valence-electron chi connectivity index (χ2n) is 5.49. The van der Waals surface area contributed by atoms with Gasteiger partial charge in [0.2, 0.25) is 0 Å². The van der Waals surface area contributed by atoms with Crippen LogP contribution in [0, 0.1) is 12.8 Å². The Hall–Kier alpha value is -0.910. The minimum absolute atomic E-state index is 0.0320. The molecular weight excluding hydrogens is 324 g/mol. The molecule has 0 aliphatic rings. The lowest BCUT2D eigenvalue weighted by Gasteiger charge is -2.15. The molecule has 1 amide bonds. The second kappa shape index (κ2) is 6.90. The Labute approximate surface area is 138 Å². The molecule has 0 radical (unpaired) electrons. The van der Waals surface area contributed by atoms with Crippen LogP contribution < -0.4 is 0 Å². The van der Waals surface area contributed by atoms with Crippen molar-refractivity contribution in [2.75, 3.05) is 7.05 Å². The van der Waals surface area contributed by atoms with E-state index >= 15 is 0 Å². The predicted octanol–water partition coefficient (Wildman–Crippen LogP) is 4.64. The lowest BCUT2D eigenvalue weighted by atomic mass is 10.1. The summed E-state index contributed by atoms with van der Waals surface area (Å²) in [6, 6.07) is 3.82. The quantitative estimate of drug-likeness (QED) is 0.793. The largest absolute Gasteiger partial charge is 0.336 e. The SMILES string of the molecule is Cc1nc(CC(C)C)sc1C(=O)N(C)Cc1ccc(Cl)s1. The number of halogens is 1. The molecular formula is C15H19ClN2OS2. The fraction of sp³-hybridized carbons (Fsp3) is 0.467. The van der Waals surface area contributed by atoms with Crippen molar-refractivity contribution in [1.29, 1.82) is 0 Å². The van der Waals surface area contributed by atoms with Gasteiger partial charge in [0.25, 0.3) is 5.91 Å². The first kappa shape index (κ1) is 16.5. The van der Waals surface area contributed by atoms with Crippen molar-refractivity contribution in [3.8, 4) is 0 Å². The molecule has 2 aromatic rings. The number of hydrogen-bond acceptors (Lipinski definition) is 4. The lowest BCUT2D eigenvalue weighted by molar-refractivity contribution is 0.0790. The number of hydrogen-bond donors (Lipinski definition) is 0. The molecule has 0 unspecified atom stereocenters. The molecule has 0 saturated carbocycles. The highest BCUT2D eigenvalue weighted by molar-refractivity contribution is 7.16. The van der Waals surface area contributed by atoms with Crippen LogP contribution in [-0.4, -0.2) is 22.8 Å². The number of aromatic nitrogens is 1. The average molecular weight is 343 g/mol. The van der Waals surface area contributed by atoms with E-state index in [0.29, 0.717) is 12.5 Å². The van der Waals surface area contributed by atoms with Gasteiger partial charge in [0, 0.05) is 18.3 Å². The Morgan fingerprint density at radius 3 is 2.67 bits per heavy atom. The van der Waals surface area contributed by atoms with Crippen LogP contribution in [0.5, 0.6) is 0 Å². The number of carbonyl (C=O) groups excluding carboxylic acids is 1. The summed E-state index contributed by atoms with van der Waals surface area (Å²) in [5, 5.41) is 1.04. The van der Waals surface area contributed by atoms with Crippen LogP contribution in [0.3, 0.4) is 0 Å². The minimum atomic E-state index is 0.0320. The van der Waals surface area contributed by atoms with Gasteiger partial charge >= 0.3 is 0 Å². The fourth-order valence-corrected chi connectivity index (χ4v) is 4.42. The Morgan fingerprint density at radius 2 is 2.10 bits per heavy atom. The lowest BCUT2D eigenvalue weighted by Crippen LogP contribution is -2.25. The molecule has 2 aromatic heterocycles. The van der Waals surface area contributed by atoms with Gasteiger partial charge in [-0.15, -0.1) is 22.7 Å². The summed E-state index contributed by atoms with van der Waals surface area (Å²) >= 11 is 8.95. The van der Waals surface area contributed by atoms with Crippen LogP contribution in [0.15, 0.2) is 12.1 Å². The summed E-state index contributed by atoms with van der Waals surface area (Å²) in [6.45, 7) is 6.80. The van der Waals surface area contributed by atoms with Crippen LogP contribution in [0.4, 0.5) is 0 Å². The monoisotopic (exact) mass is 342 g/mol. The molecule has 0 atom stereocenters. The molecule has 0 fully saturated rings. The number of nitrogens with zero attached hydrogens (tertiary/aromatic N) is 2. The topological polar surface area (TPSA) is 33.2 Å². The zero-order valence-electron chi connectivity index (χ0n) is 12.6. The highest BCUT2D eigenvalue weighted by atomic mass is 35.5. The van der Waals surface area contributed by atoms with Gasteiger partial charge in [-0.2, -0.15) is 0 Å². The Morgan fingerprint density at radius 1 is 1.38 bits per heavy atom. The number of carbonyl (C=O) groups is 1. The maximum absolute atomic E-state index is 12.5. The van der Waals surface area contributed by atoms with E-state index in [-0.39, 0.29) is 5.91 Å². The van der Waals surface area contributed by atoms with Crippen LogP contribution in [0.2, 0.25) is 4.34 Å². The van der Waals surface area contributed by atoms with Crippen LogP contribution in [-0.2, 0) is 13.0 Å². The summed E-state index contributed by atoms with van der Waals surface area (Å²) in [5.74, 6) is 0.578. The van der Waals surface area contributed by atoms with E-state index < -0.39 is 0 Å². The average Bonchev–Trinajstić information content (AvgIpc) is 2.94. The van der Waals surface area contributed by atoms with Crippen molar-refractivity contribution < 1.29 is 4.79 Å². The number of thiazole rings is 1. The van der Waals surface area contributed by atoms with Crippen molar-refractivity contribution in [2.45, 2.75) is 33.7 Å². The molecule has 2 heterocycles. The Bertz CT molecular complexity index is 633. The van der Waals surface area contributed by atoms with E-state index in [1.165, 1.54) is 22.7 Å². The van der Waals surface area contributed by atoms with Crippen molar-refractivity contribution in [3.63, 3.8) is 0 Å². The normalized spacial score (nSPS) is 11.1. The number of rotatable bonds is 5. The van der Waals surface area contributed by atoms with E-state index in [1.54, 1.807) is 4.90 Å². The first-order valence-corrected chi connectivity index (χ1v) is 8.84. The van der Waals surface area contributed by atoms with Crippen molar-refractivity contribution >= 4 is 40.2 Å². The van der Waals surface area contributed by atoms with Gasteiger partial charge in [-0.05, 0) is 25.0 Å². The van der Waals surface area contributed by atoms with Gasteiger partial charge in [-0.1, -0.05) is 25.4 Å². The predicted molar refractivity (Wildman–Crippen MR) is 90.5 cm³/mol. The fourth-order valence-electron chi connectivity index (χ4n) is 2.00. The first-order chi connectivity index (χ1) is 9.86. The van der Waals surface area contributed by atoms with E-state index in [4.69, 9.17) is 11.6 Å². The zero-order chi connectivity index (χ0) is 15.6. The van der Waals surface area contributed by atoms with Gasteiger partial charge in [-0.25, -0.2) is 4.98 Å². The third-order valence-corrected chi connectivity index (χ3v) is 5.37. The molecule has 2 rings (SSSR count). The molecule has 114 valence electrons. The maximum atomic E-state index is 12.5. The van der Waals surface area contributed by atoms with E-state index in [9.17, 15) is 4.79 Å². The molecule has 0 saturated heterocycles. The molecule has 0 aliphatic heterocycles. The maximum Gasteiger partial charge on any atom is 0.265 e. The van der Waals surface area contributed by atoms with Gasteiger partial charge in [0.15, 0.2) is 0 Å². The van der Waals surface area contributed by atoms with E-state index in [0.717, 1.165) is 31.2 Å². The standard InChI is InChI=1S/C15H19ClN2OS2/c1-9(2)7-13-17-10(3)14(21-13)15(19)18(4)8-11-5-6-12(16)20-11/h5-6,9H,7-8H2,1-4H3. The molecule has 0 aromatic carbocycles. The second-order valence-corrected chi connectivity index (χ2v) is 8.37. The number of amides is 1. The van der Waals surface area contributed by atoms with Gasteiger partial charge in [0.1, 0.15) is 4.88 Å². The van der Waals surface area contributed by atoms with Crippen LogP contribution in [0.1, 0.15) is 39.1 Å². The van der Waals surface area contributed by atoms with Gasteiger partial charge in [-0.3, -0.25) is 4.79 Å². The third-order valence-electron chi connectivity index (χ3n) is 2.99. The van der Waals surface area contributed by atoms with Gasteiger partial charge < -0.3 is 4.90 Å². The molecule has 6 heteroatoms. The number of aryl methyl sites for hydroxylation is 1. The summed E-state index contributed by atoms with van der Waals surface area (Å²) in [5.41, 5.74) is 0.830. The number of thiophene rings is 1. The van der Waals surface area contributed by atoms with Crippen molar-refractivity contribution in [3.05, 3.63) is 36.9 Å². The van der Waals surface area contributed by atoms with Crippen LogP contribution in [0.25, 0.3) is 0 Å². The summed E-state index contributed by atoms with van der Waals surface area (Å²) in [7, 11) is 1.82. The van der Waals surface area contributed by atoms with E-state index in [2.05, 4.69) is 18.8 Å². The summed E-state index contributed by atoms with van der Waals surface area (Å²) in [6.07, 6.45) is 0.920. The summed E-state index contributed by atoms with van der Waals surface area (Å²) < 4.78 is 0.749. The first-order valence-electron chi connectivity index (χ1n) is 6.82. The molecule has 0 spiro atoms. The molecule has 3 nitrogen and oxygen atoms in total. The zero-order valence-corrected chi connectivity index (χ0v) is 15.0. The molecule has 0 bridgehead atoms. The Balaban J connectivity index is 2.10.